The summed E-state index contributed by atoms with van der Waals surface area (Å²) in [5, 5.41) is 2.29. The molecule has 0 heterocycles. The first kappa shape index (κ1) is 7.83. The van der Waals surface area contributed by atoms with E-state index in [9.17, 15) is 4.79 Å². The minimum absolute atomic E-state index is 0.163. The van der Waals surface area contributed by atoms with Crippen LogP contribution < -0.4 is 5.32 Å². The van der Waals surface area contributed by atoms with Crippen LogP contribution in [0.3, 0.4) is 0 Å². The molecule has 0 aromatic rings. The summed E-state index contributed by atoms with van der Waals surface area (Å²) in [6.45, 7) is 1.85. The van der Waals surface area contributed by atoms with Crippen LogP contribution in [0.15, 0.2) is 0 Å². The summed E-state index contributed by atoms with van der Waals surface area (Å²) in [5.41, 5.74) is 0. The number of carbonyl (C=O) groups excluding carboxylic acids is 1. The first-order valence-corrected chi connectivity index (χ1v) is 2.55. The van der Waals surface area contributed by atoms with Crippen molar-refractivity contribution in [3.05, 3.63) is 0 Å². The van der Waals surface area contributed by atoms with Crippen molar-refractivity contribution in [2.24, 2.45) is 0 Å². The maximum atomic E-state index is 10.3. The summed E-state index contributed by atoms with van der Waals surface area (Å²) in [5.74, 6) is 5.17. The Morgan fingerprint density at radius 2 is 2.44 bits per heavy atom. The average Bonchev–Trinajstić information content (AvgIpc) is 1.89. The van der Waals surface area contributed by atoms with Gasteiger partial charge < -0.3 is 10.1 Å². The van der Waals surface area contributed by atoms with Gasteiger partial charge in [0.1, 0.15) is 0 Å². The monoisotopic (exact) mass is 127 g/mol. The van der Waals surface area contributed by atoms with Crippen molar-refractivity contribution >= 4 is 6.09 Å². The number of hydrogen-bond acceptors (Lipinski definition) is 2. The molecule has 3 nitrogen and oxygen atoms in total. The Morgan fingerprint density at radius 3 is 2.89 bits per heavy atom. The van der Waals surface area contributed by atoms with E-state index in [4.69, 9.17) is 0 Å². The number of rotatable bonds is 1. The number of hydrogen-bond donors (Lipinski definition) is 1. The Kier molecular flexibility index (Phi) is 4.33. The van der Waals surface area contributed by atoms with Gasteiger partial charge in [-0.05, 0) is 6.92 Å². The molecule has 50 valence electrons. The predicted molar refractivity (Wildman–Crippen MR) is 33.9 cm³/mol. The molecule has 0 bridgehead atoms. The van der Waals surface area contributed by atoms with E-state index in [0.29, 0.717) is 0 Å². The van der Waals surface area contributed by atoms with Crippen LogP contribution in [0.1, 0.15) is 6.92 Å². The highest BCUT2D eigenvalue weighted by atomic mass is 16.5. The van der Waals surface area contributed by atoms with E-state index in [1.165, 1.54) is 7.05 Å². The predicted octanol–water partition coefficient (Wildman–Crippen LogP) is 0.366. The second-order valence-electron chi connectivity index (χ2n) is 1.25. The van der Waals surface area contributed by atoms with Crippen LogP contribution in [0.5, 0.6) is 0 Å². The minimum atomic E-state index is -0.447. The van der Waals surface area contributed by atoms with Crippen LogP contribution in [0, 0.1) is 11.8 Å². The highest BCUT2D eigenvalue weighted by Crippen LogP contribution is 1.72. The SMILES string of the molecule is CC#CCOC(=O)NC. The topological polar surface area (TPSA) is 38.3 Å². The fourth-order valence-electron chi connectivity index (χ4n) is 0.246. The zero-order chi connectivity index (χ0) is 7.11. The molecule has 0 aromatic carbocycles. The second-order valence-corrected chi connectivity index (χ2v) is 1.25. The summed E-state index contributed by atoms with van der Waals surface area (Å²) in [4.78, 5) is 10.3. The van der Waals surface area contributed by atoms with Gasteiger partial charge in [0.25, 0.3) is 0 Å². The van der Waals surface area contributed by atoms with E-state index < -0.39 is 6.09 Å². The number of amides is 1. The van der Waals surface area contributed by atoms with Crippen molar-refractivity contribution in [3.8, 4) is 11.8 Å². The Hall–Kier alpha value is -1.17. The lowest BCUT2D eigenvalue weighted by atomic mass is 10.6. The zero-order valence-electron chi connectivity index (χ0n) is 5.52. The number of ether oxygens (including phenoxy) is 1. The quantitative estimate of drug-likeness (QED) is 0.517. The van der Waals surface area contributed by atoms with Crippen molar-refractivity contribution in [3.63, 3.8) is 0 Å². The lowest BCUT2D eigenvalue weighted by molar-refractivity contribution is 0.162. The maximum absolute atomic E-state index is 10.3. The first-order chi connectivity index (χ1) is 4.31. The number of nitrogens with one attached hydrogen (secondary N) is 1. The molecular weight excluding hydrogens is 118 g/mol. The molecule has 1 N–H and O–H groups in total. The highest BCUT2D eigenvalue weighted by Gasteiger charge is 1.91. The van der Waals surface area contributed by atoms with Gasteiger partial charge in [0.2, 0.25) is 0 Å². The van der Waals surface area contributed by atoms with E-state index >= 15 is 0 Å². The Morgan fingerprint density at radius 1 is 1.78 bits per heavy atom. The van der Waals surface area contributed by atoms with Gasteiger partial charge in [0.05, 0.1) is 0 Å². The second kappa shape index (κ2) is 4.98. The van der Waals surface area contributed by atoms with Gasteiger partial charge in [0, 0.05) is 7.05 Å². The molecule has 0 aliphatic rings. The fraction of sp³-hybridized carbons (Fsp3) is 0.500. The molecule has 1 amide bonds. The third-order valence-electron chi connectivity index (χ3n) is 0.656. The smallest absolute Gasteiger partial charge is 0.407 e. The Balaban J connectivity index is 3.24. The molecule has 3 heteroatoms. The van der Waals surface area contributed by atoms with E-state index in [-0.39, 0.29) is 6.61 Å². The average molecular weight is 127 g/mol. The van der Waals surface area contributed by atoms with Gasteiger partial charge in [-0.1, -0.05) is 5.92 Å². The van der Waals surface area contributed by atoms with Gasteiger partial charge in [-0.3, -0.25) is 0 Å². The molecule has 0 aliphatic heterocycles. The molecule has 9 heavy (non-hydrogen) atoms. The van der Waals surface area contributed by atoms with E-state index in [1.807, 2.05) is 0 Å². The number of carbonyl (C=O) groups is 1. The maximum Gasteiger partial charge on any atom is 0.407 e. The largest absolute Gasteiger partial charge is 0.436 e. The van der Waals surface area contributed by atoms with Crippen LogP contribution >= 0.6 is 0 Å². The molecule has 0 unspecified atom stereocenters. The first-order valence-electron chi connectivity index (χ1n) is 2.55. The summed E-state index contributed by atoms with van der Waals surface area (Å²) in [7, 11) is 1.50. The molecule has 0 rings (SSSR count). The van der Waals surface area contributed by atoms with Gasteiger partial charge in [-0.15, -0.1) is 5.92 Å². The molecule has 0 aliphatic carbocycles. The van der Waals surface area contributed by atoms with Crippen molar-refractivity contribution in [2.45, 2.75) is 6.92 Å². The third-order valence-corrected chi connectivity index (χ3v) is 0.656. The van der Waals surface area contributed by atoms with Crippen molar-refractivity contribution in [2.75, 3.05) is 13.7 Å². The molecule has 0 atom stereocenters. The fourth-order valence-corrected chi connectivity index (χ4v) is 0.246. The third kappa shape index (κ3) is 4.69. The summed E-state index contributed by atoms with van der Waals surface area (Å²) in [6, 6.07) is 0. The Labute approximate surface area is 54.4 Å². The lowest BCUT2D eigenvalue weighted by Gasteiger charge is -1.95. The van der Waals surface area contributed by atoms with Gasteiger partial charge in [-0.25, -0.2) is 4.79 Å². The van der Waals surface area contributed by atoms with E-state index in [2.05, 4.69) is 21.9 Å². The molecule has 0 saturated carbocycles. The molecule has 0 fully saturated rings. The van der Waals surface area contributed by atoms with Gasteiger partial charge >= 0.3 is 6.09 Å². The van der Waals surface area contributed by atoms with Crippen molar-refractivity contribution in [1.29, 1.82) is 0 Å². The summed E-state index contributed by atoms with van der Waals surface area (Å²) >= 11 is 0. The van der Waals surface area contributed by atoms with E-state index in [0.717, 1.165) is 0 Å². The van der Waals surface area contributed by atoms with Gasteiger partial charge in [0.15, 0.2) is 6.61 Å². The van der Waals surface area contributed by atoms with E-state index in [1.54, 1.807) is 6.92 Å². The number of alkyl carbamates (subject to hydrolysis) is 1. The van der Waals surface area contributed by atoms with Crippen LogP contribution in [0.2, 0.25) is 0 Å². The molecule has 0 spiro atoms. The molecule has 0 aromatic heterocycles. The van der Waals surface area contributed by atoms with Crippen LogP contribution in [0.25, 0.3) is 0 Å². The summed E-state index contributed by atoms with van der Waals surface area (Å²) < 4.78 is 4.51. The van der Waals surface area contributed by atoms with Crippen LogP contribution in [-0.2, 0) is 4.74 Å². The Bertz CT molecular complexity index is 143. The highest BCUT2D eigenvalue weighted by molar-refractivity contribution is 5.66. The normalized spacial score (nSPS) is 6.89. The van der Waals surface area contributed by atoms with Crippen molar-refractivity contribution < 1.29 is 9.53 Å². The minimum Gasteiger partial charge on any atom is -0.436 e. The molecular formula is C6H9NO2. The summed E-state index contributed by atoms with van der Waals surface area (Å²) in [6.07, 6.45) is -0.447. The van der Waals surface area contributed by atoms with Crippen molar-refractivity contribution in [1.82, 2.24) is 5.32 Å². The van der Waals surface area contributed by atoms with Gasteiger partial charge in [-0.2, -0.15) is 0 Å². The van der Waals surface area contributed by atoms with Crippen LogP contribution in [-0.4, -0.2) is 19.7 Å². The molecule has 0 saturated heterocycles. The molecule has 0 radical (unpaired) electrons. The lowest BCUT2D eigenvalue weighted by Crippen LogP contribution is -2.19. The standard InChI is InChI=1S/C6H9NO2/c1-3-4-5-9-6(8)7-2/h5H2,1-2H3,(H,7,8). The van der Waals surface area contributed by atoms with Crippen LogP contribution in [0.4, 0.5) is 4.79 Å². The zero-order valence-corrected chi connectivity index (χ0v) is 5.52.